The first kappa shape index (κ1) is 14.9. The van der Waals surface area contributed by atoms with E-state index in [0.29, 0.717) is 6.61 Å². The van der Waals surface area contributed by atoms with Crippen LogP contribution in [0.25, 0.3) is 0 Å². The molecule has 0 aromatic rings. The van der Waals surface area contributed by atoms with Crippen LogP contribution >= 0.6 is 0 Å². The monoisotopic (exact) mass is 218 g/mol. The Morgan fingerprint density at radius 1 is 1.13 bits per heavy atom. The van der Waals surface area contributed by atoms with E-state index in [1.54, 1.807) is 0 Å². The smallest absolute Gasteiger partial charge is 0.0788 e. The Kier molecular flexibility index (Phi) is 7.14. The van der Waals surface area contributed by atoms with Gasteiger partial charge in [-0.1, -0.05) is 13.8 Å². The highest BCUT2D eigenvalue weighted by atomic mass is 16.6. The molecule has 0 radical (unpaired) electrons. The molecule has 15 heavy (non-hydrogen) atoms. The normalized spacial score (nSPS) is 16.4. The molecule has 92 valence electrons. The van der Waals surface area contributed by atoms with E-state index in [-0.39, 0.29) is 24.4 Å². The Morgan fingerprint density at radius 2 is 1.67 bits per heavy atom. The summed E-state index contributed by atoms with van der Waals surface area (Å²) >= 11 is 0. The van der Waals surface area contributed by atoms with Gasteiger partial charge in [0.05, 0.1) is 31.0 Å². The van der Waals surface area contributed by atoms with Crippen molar-refractivity contribution in [2.45, 2.75) is 65.3 Å². The molecule has 0 aliphatic heterocycles. The van der Waals surface area contributed by atoms with Crippen molar-refractivity contribution in [3.63, 3.8) is 0 Å². The molecule has 0 amide bonds. The van der Waals surface area contributed by atoms with E-state index in [2.05, 4.69) is 20.8 Å². The molecule has 0 saturated heterocycles. The van der Waals surface area contributed by atoms with Gasteiger partial charge in [0, 0.05) is 0 Å². The van der Waals surface area contributed by atoms with Gasteiger partial charge in [0.15, 0.2) is 0 Å². The summed E-state index contributed by atoms with van der Waals surface area (Å²) in [7, 11) is 0. The van der Waals surface area contributed by atoms with Crippen molar-refractivity contribution in [3.05, 3.63) is 0 Å². The predicted octanol–water partition coefficient (Wildman–Crippen LogP) is 2.37. The van der Waals surface area contributed by atoms with Crippen molar-refractivity contribution in [2.75, 3.05) is 13.2 Å². The number of aliphatic hydroxyl groups is 1. The van der Waals surface area contributed by atoms with Gasteiger partial charge < -0.3 is 14.6 Å². The van der Waals surface area contributed by atoms with Gasteiger partial charge in [0.2, 0.25) is 0 Å². The second kappa shape index (κ2) is 7.20. The van der Waals surface area contributed by atoms with Gasteiger partial charge in [0.1, 0.15) is 0 Å². The Balaban J connectivity index is 3.86. The minimum atomic E-state index is -0.106. The standard InChI is InChI=1S/C12H26O3/c1-6-12(5,7-2)15-11(4)9-14-10(3)8-13/h10-11,13H,6-9H2,1-5H3. The van der Waals surface area contributed by atoms with Crippen LogP contribution in [0.15, 0.2) is 0 Å². The lowest BCUT2D eigenvalue weighted by Crippen LogP contribution is -2.34. The first-order valence-electron chi connectivity index (χ1n) is 5.87. The summed E-state index contributed by atoms with van der Waals surface area (Å²) in [6.07, 6.45) is 1.97. The average Bonchev–Trinajstić information content (AvgIpc) is 2.25. The molecule has 0 aromatic carbocycles. The minimum absolute atomic E-state index is 0.0504. The summed E-state index contributed by atoms with van der Waals surface area (Å²) < 4.78 is 11.3. The number of hydrogen-bond acceptors (Lipinski definition) is 3. The molecule has 0 aromatic heterocycles. The van der Waals surface area contributed by atoms with E-state index in [1.807, 2.05) is 13.8 Å². The highest BCUT2D eigenvalue weighted by Gasteiger charge is 2.23. The molecule has 0 spiro atoms. The fourth-order valence-electron chi connectivity index (χ4n) is 1.29. The lowest BCUT2D eigenvalue weighted by molar-refractivity contribution is -0.118. The molecule has 3 heteroatoms. The van der Waals surface area contributed by atoms with E-state index >= 15 is 0 Å². The zero-order chi connectivity index (χ0) is 11.9. The maximum atomic E-state index is 8.81. The van der Waals surface area contributed by atoms with Gasteiger partial charge in [-0.25, -0.2) is 0 Å². The fourth-order valence-corrected chi connectivity index (χ4v) is 1.29. The Bertz CT molecular complexity index is 155. The van der Waals surface area contributed by atoms with Crippen LogP contribution in [-0.4, -0.2) is 36.1 Å². The van der Waals surface area contributed by atoms with Crippen molar-refractivity contribution >= 4 is 0 Å². The molecule has 1 N–H and O–H groups in total. The third-order valence-electron chi connectivity index (χ3n) is 2.85. The molecule has 3 nitrogen and oxygen atoms in total. The van der Waals surface area contributed by atoms with Crippen LogP contribution in [0.4, 0.5) is 0 Å². The molecule has 0 heterocycles. The summed E-state index contributed by atoms with van der Waals surface area (Å²) in [4.78, 5) is 0. The number of ether oxygens (including phenoxy) is 2. The molecule has 0 fully saturated rings. The molecule has 2 unspecified atom stereocenters. The van der Waals surface area contributed by atoms with Crippen molar-refractivity contribution in [1.82, 2.24) is 0 Å². The van der Waals surface area contributed by atoms with Crippen LogP contribution in [0, 0.1) is 0 Å². The van der Waals surface area contributed by atoms with Crippen LogP contribution in [-0.2, 0) is 9.47 Å². The molecule has 0 bridgehead atoms. The van der Waals surface area contributed by atoms with E-state index in [4.69, 9.17) is 14.6 Å². The zero-order valence-electron chi connectivity index (χ0n) is 10.7. The van der Waals surface area contributed by atoms with Crippen molar-refractivity contribution in [2.24, 2.45) is 0 Å². The number of rotatable bonds is 8. The highest BCUT2D eigenvalue weighted by molar-refractivity contribution is 4.72. The fraction of sp³-hybridized carbons (Fsp3) is 1.00. The second-order valence-electron chi connectivity index (χ2n) is 4.41. The van der Waals surface area contributed by atoms with Crippen molar-refractivity contribution < 1.29 is 14.6 Å². The molecule has 0 aliphatic carbocycles. The number of aliphatic hydroxyl groups excluding tert-OH is 1. The average molecular weight is 218 g/mol. The van der Waals surface area contributed by atoms with Crippen molar-refractivity contribution in [1.29, 1.82) is 0 Å². The van der Waals surface area contributed by atoms with Crippen LogP contribution in [0.2, 0.25) is 0 Å². The molecule has 0 saturated carbocycles. The van der Waals surface area contributed by atoms with Gasteiger partial charge in [-0.05, 0) is 33.6 Å². The summed E-state index contributed by atoms with van der Waals surface area (Å²) in [5, 5.41) is 8.81. The van der Waals surface area contributed by atoms with Gasteiger partial charge in [0.25, 0.3) is 0 Å². The van der Waals surface area contributed by atoms with E-state index < -0.39 is 0 Å². The SMILES string of the molecule is CCC(C)(CC)OC(C)COC(C)CO. The van der Waals surface area contributed by atoms with Gasteiger partial charge in [-0.2, -0.15) is 0 Å². The van der Waals surface area contributed by atoms with Crippen molar-refractivity contribution in [3.8, 4) is 0 Å². The highest BCUT2D eigenvalue weighted by Crippen LogP contribution is 2.21. The maximum absolute atomic E-state index is 8.81. The first-order chi connectivity index (χ1) is 6.97. The topological polar surface area (TPSA) is 38.7 Å². The lowest BCUT2D eigenvalue weighted by atomic mass is 10.00. The maximum Gasteiger partial charge on any atom is 0.0788 e. The van der Waals surface area contributed by atoms with E-state index in [1.165, 1.54) is 0 Å². The third kappa shape index (κ3) is 6.13. The zero-order valence-corrected chi connectivity index (χ0v) is 10.7. The Morgan fingerprint density at radius 3 is 2.07 bits per heavy atom. The minimum Gasteiger partial charge on any atom is -0.394 e. The largest absolute Gasteiger partial charge is 0.394 e. The summed E-state index contributed by atoms with van der Waals surface area (Å²) in [6, 6.07) is 0. The quantitative estimate of drug-likeness (QED) is 0.679. The van der Waals surface area contributed by atoms with E-state index in [0.717, 1.165) is 12.8 Å². The van der Waals surface area contributed by atoms with Crippen LogP contribution in [0.3, 0.4) is 0 Å². The van der Waals surface area contributed by atoms with E-state index in [9.17, 15) is 0 Å². The summed E-state index contributed by atoms with van der Waals surface area (Å²) in [5.41, 5.74) is -0.0504. The summed E-state index contributed by atoms with van der Waals surface area (Å²) in [5.74, 6) is 0. The molecule has 2 atom stereocenters. The molecular formula is C12H26O3. The molecule has 0 rings (SSSR count). The summed E-state index contributed by atoms with van der Waals surface area (Å²) in [6.45, 7) is 10.8. The lowest BCUT2D eigenvalue weighted by Gasteiger charge is -2.31. The first-order valence-corrected chi connectivity index (χ1v) is 5.87. The Labute approximate surface area is 93.8 Å². The third-order valence-corrected chi connectivity index (χ3v) is 2.85. The van der Waals surface area contributed by atoms with Gasteiger partial charge in [-0.15, -0.1) is 0 Å². The Hall–Kier alpha value is -0.120. The predicted molar refractivity (Wildman–Crippen MR) is 62.0 cm³/mol. The molecule has 0 aliphatic rings. The van der Waals surface area contributed by atoms with Crippen LogP contribution in [0.1, 0.15) is 47.5 Å². The molecular weight excluding hydrogens is 192 g/mol. The van der Waals surface area contributed by atoms with Crippen LogP contribution < -0.4 is 0 Å². The van der Waals surface area contributed by atoms with Crippen LogP contribution in [0.5, 0.6) is 0 Å². The van der Waals surface area contributed by atoms with Gasteiger partial charge in [-0.3, -0.25) is 0 Å². The number of hydrogen-bond donors (Lipinski definition) is 1. The second-order valence-corrected chi connectivity index (χ2v) is 4.41. The van der Waals surface area contributed by atoms with Gasteiger partial charge >= 0.3 is 0 Å².